The van der Waals surface area contributed by atoms with Gasteiger partial charge in [0.1, 0.15) is 5.78 Å². The summed E-state index contributed by atoms with van der Waals surface area (Å²) in [4.78, 5) is 13.7. The first kappa shape index (κ1) is 11.5. The van der Waals surface area contributed by atoms with E-state index in [0.717, 1.165) is 24.6 Å². The molecule has 0 bridgehead atoms. The highest BCUT2D eigenvalue weighted by Crippen LogP contribution is 2.33. The Morgan fingerprint density at radius 1 is 1.33 bits per heavy atom. The number of carbonyl (C=O) groups is 1. The lowest BCUT2D eigenvalue weighted by atomic mass is 10.0. The Hall–Kier alpha value is -1.55. The fourth-order valence-corrected chi connectivity index (χ4v) is 2.56. The molecule has 2 aliphatic rings. The molecule has 18 heavy (non-hydrogen) atoms. The molecule has 0 radical (unpaired) electrons. The maximum absolute atomic E-state index is 11.4. The predicted octanol–water partition coefficient (Wildman–Crippen LogP) is 1.97. The van der Waals surface area contributed by atoms with Gasteiger partial charge in [0, 0.05) is 32.0 Å². The van der Waals surface area contributed by atoms with Gasteiger partial charge in [-0.2, -0.15) is 0 Å². The highest BCUT2D eigenvalue weighted by Gasteiger charge is 2.24. The Morgan fingerprint density at radius 3 is 3.00 bits per heavy atom. The second-order valence-corrected chi connectivity index (χ2v) is 5.00. The van der Waals surface area contributed by atoms with E-state index in [1.54, 1.807) is 0 Å². The molecule has 0 aromatic heterocycles. The van der Waals surface area contributed by atoms with E-state index in [2.05, 4.69) is 17.9 Å². The summed E-state index contributed by atoms with van der Waals surface area (Å²) in [7, 11) is 0. The number of piperidine rings is 1. The van der Waals surface area contributed by atoms with E-state index in [1.807, 2.05) is 12.1 Å². The maximum atomic E-state index is 11.4. The topological polar surface area (TPSA) is 38.8 Å². The number of Topliss-reactive ketones (excluding diaryl/α,β-unsaturated/α-hetero) is 1. The molecule has 1 aromatic rings. The monoisotopic (exact) mass is 247 g/mol. The molecule has 0 N–H and O–H groups in total. The van der Waals surface area contributed by atoms with Crippen molar-refractivity contribution >= 4 is 5.78 Å². The van der Waals surface area contributed by atoms with E-state index in [-0.39, 0.29) is 0 Å². The van der Waals surface area contributed by atoms with E-state index >= 15 is 0 Å². The Morgan fingerprint density at radius 2 is 2.17 bits per heavy atom. The van der Waals surface area contributed by atoms with Crippen molar-refractivity contribution in [1.29, 1.82) is 0 Å². The van der Waals surface area contributed by atoms with Gasteiger partial charge in [-0.05, 0) is 24.6 Å². The zero-order valence-corrected chi connectivity index (χ0v) is 10.5. The Balaban J connectivity index is 1.71. The number of carbonyl (C=O) groups excluding carboxylic acids is 1. The van der Waals surface area contributed by atoms with Crippen LogP contribution in [-0.2, 0) is 11.3 Å². The first-order valence-corrected chi connectivity index (χ1v) is 6.36. The lowest BCUT2D eigenvalue weighted by molar-refractivity contribution is -0.123. The molecule has 0 saturated carbocycles. The molecule has 0 spiro atoms. The van der Waals surface area contributed by atoms with Gasteiger partial charge < -0.3 is 9.47 Å². The smallest absolute Gasteiger partial charge is 0.231 e. The van der Waals surface area contributed by atoms with Crippen molar-refractivity contribution in [1.82, 2.24) is 4.90 Å². The quantitative estimate of drug-likeness (QED) is 0.801. The van der Waals surface area contributed by atoms with Crippen LogP contribution in [0.5, 0.6) is 11.5 Å². The second-order valence-electron chi connectivity index (χ2n) is 5.00. The van der Waals surface area contributed by atoms with Gasteiger partial charge in [-0.25, -0.2) is 0 Å². The summed E-state index contributed by atoms with van der Waals surface area (Å²) in [5.41, 5.74) is 1.21. The summed E-state index contributed by atoms with van der Waals surface area (Å²) in [6, 6.07) is 6.39. The summed E-state index contributed by atoms with van der Waals surface area (Å²) in [5.74, 6) is 2.03. The number of nitrogens with zero attached hydrogens (tertiary/aromatic N) is 1. The molecule has 1 saturated heterocycles. The molecule has 1 fully saturated rings. The SMILES string of the molecule is CC1CC(=O)CCN1Cc1ccc2c(c1)OCO2. The standard InChI is InChI=1S/C14H17NO3/c1-10-6-12(16)4-5-15(10)8-11-2-3-13-14(7-11)18-9-17-13/h2-3,7,10H,4-6,8-9H2,1H3. The number of likely N-dealkylation sites (tertiary alicyclic amines) is 1. The molecular formula is C14H17NO3. The van der Waals surface area contributed by atoms with Gasteiger partial charge in [0.15, 0.2) is 11.5 Å². The zero-order valence-electron chi connectivity index (χ0n) is 10.5. The second kappa shape index (κ2) is 4.61. The Kier molecular flexibility index (Phi) is 2.96. The third kappa shape index (κ3) is 2.20. The number of hydrogen-bond donors (Lipinski definition) is 0. The van der Waals surface area contributed by atoms with Gasteiger partial charge in [0.2, 0.25) is 6.79 Å². The minimum atomic E-state index is 0.313. The minimum absolute atomic E-state index is 0.313. The van der Waals surface area contributed by atoms with Crippen LogP contribution in [0.1, 0.15) is 25.3 Å². The molecule has 0 amide bonds. The van der Waals surface area contributed by atoms with Crippen LogP contribution in [0.25, 0.3) is 0 Å². The van der Waals surface area contributed by atoms with Crippen molar-refractivity contribution in [3.63, 3.8) is 0 Å². The number of rotatable bonds is 2. The van der Waals surface area contributed by atoms with Crippen molar-refractivity contribution in [2.24, 2.45) is 0 Å². The fraction of sp³-hybridized carbons (Fsp3) is 0.500. The fourth-order valence-electron chi connectivity index (χ4n) is 2.56. The van der Waals surface area contributed by atoms with E-state index in [1.165, 1.54) is 5.56 Å². The normalized spacial score (nSPS) is 23.4. The molecule has 2 heterocycles. The average molecular weight is 247 g/mol. The molecular weight excluding hydrogens is 230 g/mol. The van der Waals surface area contributed by atoms with Crippen molar-refractivity contribution < 1.29 is 14.3 Å². The average Bonchev–Trinajstić information content (AvgIpc) is 2.80. The summed E-state index contributed by atoms with van der Waals surface area (Å²) in [5, 5.41) is 0. The van der Waals surface area contributed by atoms with Gasteiger partial charge in [-0.1, -0.05) is 6.07 Å². The molecule has 0 aliphatic carbocycles. The molecule has 4 heteroatoms. The Labute approximate surface area is 106 Å². The van der Waals surface area contributed by atoms with Crippen LogP contribution in [0.4, 0.5) is 0 Å². The molecule has 1 atom stereocenters. The van der Waals surface area contributed by atoms with E-state index < -0.39 is 0 Å². The largest absolute Gasteiger partial charge is 0.454 e. The first-order valence-electron chi connectivity index (χ1n) is 6.36. The maximum Gasteiger partial charge on any atom is 0.231 e. The van der Waals surface area contributed by atoms with Crippen LogP contribution in [0.3, 0.4) is 0 Å². The lowest BCUT2D eigenvalue weighted by Gasteiger charge is -2.32. The van der Waals surface area contributed by atoms with Crippen LogP contribution < -0.4 is 9.47 Å². The number of benzene rings is 1. The number of ketones is 1. The summed E-state index contributed by atoms with van der Waals surface area (Å²) >= 11 is 0. The number of fused-ring (bicyclic) bond motifs is 1. The van der Waals surface area contributed by atoms with Crippen LogP contribution >= 0.6 is 0 Å². The van der Waals surface area contributed by atoms with Crippen LogP contribution in [0.2, 0.25) is 0 Å². The molecule has 1 aromatic carbocycles. The van der Waals surface area contributed by atoms with Gasteiger partial charge >= 0.3 is 0 Å². The summed E-state index contributed by atoms with van der Waals surface area (Å²) in [6.07, 6.45) is 1.35. The van der Waals surface area contributed by atoms with Gasteiger partial charge in [-0.3, -0.25) is 9.69 Å². The molecule has 3 rings (SSSR count). The minimum Gasteiger partial charge on any atom is -0.454 e. The van der Waals surface area contributed by atoms with Crippen molar-refractivity contribution in [3.8, 4) is 11.5 Å². The van der Waals surface area contributed by atoms with Gasteiger partial charge in [-0.15, -0.1) is 0 Å². The van der Waals surface area contributed by atoms with Crippen molar-refractivity contribution in [2.45, 2.75) is 32.4 Å². The molecule has 1 unspecified atom stereocenters. The molecule has 4 nitrogen and oxygen atoms in total. The molecule has 96 valence electrons. The van der Waals surface area contributed by atoms with Crippen LogP contribution in [0.15, 0.2) is 18.2 Å². The third-order valence-corrected chi connectivity index (χ3v) is 3.65. The van der Waals surface area contributed by atoms with Crippen LogP contribution in [-0.4, -0.2) is 30.1 Å². The Bertz CT molecular complexity index is 472. The number of ether oxygens (including phenoxy) is 2. The van der Waals surface area contributed by atoms with Gasteiger partial charge in [0.25, 0.3) is 0 Å². The third-order valence-electron chi connectivity index (χ3n) is 3.65. The highest BCUT2D eigenvalue weighted by molar-refractivity contribution is 5.79. The van der Waals surface area contributed by atoms with E-state index in [4.69, 9.17) is 9.47 Å². The van der Waals surface area contributed by atoms with E-state index in [9.17, 15) is 4.79 Å². The summed E-state index contributed by atoms with van der Waals surface area (Å²) < 4.78 is 10.7. The van der Waals surface area contributed by atoms with E-state index in [0.29, 0.717) is 31.5 Å². The van der Waals surface area contributed by atoms with Crippen LogP contribution in [0, 0.1) is 0 Å². The lowest BCUT2D eigenvalue weighted by Crippen LogP contribution is -2.40. The number of hydrogen-bond acceptors (Lipinski definition) is 4. The summed E-state index contributed by atoms with van der Waals surface area (Å²) in [6.45, 7) is 4.15. The van der Waals surface area contributed by atoms with Crippen molar-refractivity contribution in [3.05, 3.63) is 23.8 Å². The zero-order chi connectivity index (χ0) is 12.5. The molecule has 2 aliphatic heterocycles. The van der Waals surface area contributed by atoms with Crippen molar-refractivity contribution in [2.75, 3.05) is 13.3 Å². The first-order chi connectivity index (χ1) is 8.72. The predicted molar refractivity (Wildman–Crippen MR) is 66.7 cm³/mol. The highest BCUT2D eigenvalue weighted by atomic mass is 16.7. The van der Waals surface area contributed by atoms with Gasteiger partial charge in [0.05, 0.1) is 0 Å².